The van der Waals surface area contributed by atoms with E-state index in [1.165, 1.54) is 12.5 Å². The fraction of sp³-hybridized carbons (Fsp3) is 0.500. The molecule has 72 valence electrons. The molecule has 0 aliphatic rings. The predicted octanol–water partition coefficient (Wildman–Crippen LogP) is 0.598. The molecule has 1 atom stereocenters. The second-order valence-electron chi connectivity index (χ2n) is 2.74. The van der Waals surface area contributed by atoms with E-state index in [-0.39, 0.29) is 11.8 Å². The van der Waals surface area contributed by atoms with Gasteiger partial charge in [-0.05, 0) is 6.42 Å². The molecule has 5 nitrogen and oxygen atoms in total. The average Bonchev–Trinajstić information content (AvgIpc) is 2.59. The molecule has 1 heterocycles. The van der Waals surface area contributed by atoms with Gasteiger partial charge in [0.15, 0.2) is 0 Å². The van der Waals surface area contributed by atoms with Gasteiger partial charge < -0.3 is 15.6 Å². The molecule has 1 aromatic heterocycles. The lowest BCUT2D eigenvalue weighted by atomic mass is 10.1. The third kappa shape index (κ3) is 2.55. The van der Waals surface area contributed by atoms with Crippen molar-refractivity contribution in [2.45, 2.75) is 13.3 Å². The van der Waals surface area contributed by atoms with Gasteiger partial charge in [-0.25, -0.2) is 0 Å². The minimum Gasteiger partial charge on any atom is -0.363 e. The molecule has 1 aromatic rings. The van der Waals surface area contributed by atoms with Gasteiger partial charge in [0, 0.05) is 6.54 Å². The van der Waals surface area contributed by atoms with Gasteiger partial charge in [0.2, 0.25) is 5.91 Å². The molecule has 0 aliphatic heterocycles. The Kier molecular flexibility index (Phi) is 3.45. The lowest BCUT2D eigenvalue weighted by molar-refractivity contribution is -0.119. The summed E-state index contributed by atoms with van der Waals surface area (Å²) in [6, 6.07) is 0. The summed E-state index contributed by atoms with van der Waals surface area (Å²) in [5.74, 6) is -0.233. The SMILES string of the molecule is CCC(CN)C(=O)Nc1cnoc1. The van der Waals surface area contributed by atoms with Crippen LogP contribution in [0.15, 0.2) is 17.0 Å². The summed E-state index contributed by atoms with van der Waals surface area (Å²) >= 11 is 0. The van der Waals surface area contributed by atoms with E-state index in [0.29, 0.717) is 12.2 Å². The van der Waals surface area contributed by atoms with Crippen molar-refractivity contribution in [1.82, 2.24) is 5.16 Å². The van der Waals surface area contributed by atoms with E-state index in [4.69, 9.17) is 5.73 Å². The van der Waals surface area contributed by atoms with E-state index in [2.05, 4.69) is 15.0 Å². The Bertz CT molecular complexity index is 254. The summed E-state index contributed by atoms with van der Waals surface area (Å²) in [5.41, 5.74) is 5.98. The van der Waals surface area contributed by atoms with Crippen LogP contribution in [0.25, 0.3) is 0 Å². The number of rotatable bonds is 4. The van der Waals surface area contributed by atoms with Crippen LogP contribution in [0.5, 0.6) is 0 Å². The molecule has 1 amide bonds. The summed E-state index contributed by atoms with van der Waals surface area (Å²) in [5, 5.41) is 6.11. The van der Waals surface area contributed by atoms with Crippen LogP contribution < -0.4 is 11.1 Å². The molecular weight excluding hydrogens is 170 g/mol. The van der Waals surface area contributed by atoms with Crippen molar-refractivity contribution >= 4 is 11.6 Å². The van der Waals surface area contributed by atoms with Gasteiger partial charge >= 0.3 is 0 Å². The molecule has 13 heavy (non-hydrogen) atoms. The first-order valence-corrected chi connectivity index (χ1v) is 4.18. The monoisotopic (exact) mass is 183 g/mol. The molecule has 0 bridgehead atoms. The smallest absolute Gasteiger partial charge is 0.228 e. The van der Waals surface area contributed by atoms with E-state index in [1.54, 1.807) is 0 Å². The fourth-order valence-corrected chi connectivity index (χ4v) is 0.970. The second-order valence-corrected chi connectivity index (χ2v) is 2.74. The van der Waals surface area contributed by atoms with Crippen molar-refractivity contribution in [2.75, 3.05) is 11.9 Å². The number of nitrogens with one attached hydrogen (secondary N) is 1. The van der Waals surface area contributed by atoms with E-state index in [0.717, 1.165) is 6.42 Å². The minimum absolute atomic E-state index is 0.0896. The molecule has 0 spiro atoms. The molecule has 0 aliphatic carbocycles. The zero-order chi connectivity index (χ0) is 9.68. The summed E-state index contributed by atoms with van der Waals surface area (Å²) in [7, 11) is 0. The number of carbonyl (C=O) groups excluding carboxylic acids is 1. The largest absolute Gasteiger partial charge is 0.363 e. The first kappa shape index (κ1) is 9.73. The summed E-state index contributed by atoms with van der Waals surface area (Å²) in [6.07, 6.45) is 3.55. The van der Waals surface area contributed by atoms with Crippen molar-refractivity contribution in [2.24, 2.45) is 11.7 Å². The Morgan fingerprint density at radius 3 is 3.08 bits per heavy atom. The topological polar surface area (TPSA) is 81.2 Å². The Hall–Kier alpha value is -1.36. The number of aromatic nitrogens is 1. The van der Waals surface area contributed by atoms with Crippen molar-refractivity contribution in [3.05, 3.63) is 12.5 Å². The number of hydrogen-bond donors (Lipinski definition) is 2. The Labute approximate surface area is 76.3 Å². The third-order valence-corrected chi connectivity index (χ3v) is 1.85. The van der Waals surface area contributed by atoms with E-state index >= 15 is 0 Å². The van der Waals surface area contributed by atoms with Crippen molar-refractivity contribution in [1.29, 1.82) is 0 Å². The highest BCUT2D eigenvalue weighted by Crippen LogP contribution is 2.08. The van der Waals surface area contributed by atoms with Crippen LogP contribution in [0.3, 0.4) is 0 Å². The zero-order valence-corrected chi connectivity index (χ0v) is 7.49. The average molecular weight is 183 g/mol. The Morgan fingerprint density at radius 1 is 1.85 bits per heavy atom. The fourth-order valence-electron chi connectivity index (χ4n) is 0.970. The van der Waals surface area contributed by atoms with Gasteiger partial charge in [0.25, 0.3) is 0 Å². The van der Waals surface area contributed by atoms with Gasteiger partial charge in [-0.1, -0.05) is 12.1 Å². The summed E-state index contributed by atoms with van der Waals surface area (Å²) < 4.78 is 4.57. The van der Waals surface area contributed by atoms with Crippen LogP contribution in [0.1, 0.15) is 13.3 Å². The maximum atomic E-state index is 11.4. The van der Waals surface area contributed by atoms with Crippen LogP contribution >= 0.6 is 0 Å². The summed E-state index contributed by atoms with van der Waals surface area (Å²) in [4.78, 5) is 11.4. The van der Waals surface area contributed by atoms with E-state index in [9.17, 15) is 4.79 Å². The molecule has 3 N–H and O–H groups in total. The van der Waals surface area contributed by atoms with Gasteiger partial charge in [0.05, 0.1) is 12.1 Å². The summed E-state index contributed by atoms with van der Waals surface area (Å²) in [6.45, 7) is 2.28. The molecule has 0 saturated heterocycles. The maximum Gasteiger partial charge on any atom is 0.228 e. The van der Waals surface area contributed by atoms with Gasteiger partial charge in [-0.3, -0.25) is 4.79 Å². The van der Waals surface area contributed by atoms with Gasteiger partial charge in [-0.15, -0.1) is 0 Å². The van der Waals surface area contributed by atoms with E-state index in [1.807, 2.05) is 6.92 Å². The zero-order valence-electron chi connectivity index (χ0n) is 7.49. The number of nitrogens with zero attached hydrogens (tertiary/aromatic N) is 1. The highest BCUT2D eigenvalue weighted by Gasteiger charge is 2.14. The lowest BCUT2D eigenvalue weighted by Crippen LogP contribution is -2.28. The molecule has 0 saturated carbocycles. The second kappa shape index (κ2) is 4.61. The number of amides is 1. The van der Waals surface area contributed by atoms with Crippen LogP contribution in [0.4, 0.5) is 5.69 Å². The first-order chi connectivity index (χ1) is 6.27. The van der Waals surface area contributed by atoms with Gasteiger partial charge in [-0.2, -0.15) is 0 Å². The van der Waals surface area contributed by atoms with Crippen LogP contribution in [-0.4, -0.2) is 17.6 Å². The number of anilines is 1. The van der Waals surface area contributed by atoms with E-state index < -0.39 is 0 Å². The van der Waals surface area contributed by atoms with Gasteiger partial charge in [0.1, 0.15) is 12.0 Å². The molecule has 5 heteroatoms. The van der Waals surface area contributed by atoms with Crippen LogP contribution in [0.2, 0.25) is 0 Å². The van der Waals surface area contributed by atoms with Crippen LogP contribution in [0, 0.1) is 5.92 Å². The molecular formula is C8H13N3O2. The standard InChI is InChI=1S/C8H13N3O2/c1-2-6(3-9)8(12)11-7-4-10-13-5-7/h4-6H,2-3,9H2,1H3,(H,11,12). The predicted molar refractivity (Wildman–Crippen MR) is 48.0 cm³/mol. The highest BCUT2D eigenvalue weighted by molar-refractivity contribution is 5.92. The van der Waals surface area contributed by atoms with Crippen molar-refractivity contribution < 1.29 is 9.32 Å². The quantitative estimate of drug-likeness (QED) is 0.716. The molecule has 0 radical (unpaired) electrons. The Balaban J connectivity index is 2.49. The normalized spacial score (nSPS) is 12.5. The number of carbonyl (C=O) groups is 1. The van der Waals surface area contributed by atoms with Crippen molar-refractivity contribution in [3.63, 3.8) is 0 Å². The molecule has 0 fully saturated rings. The molecule has 1 unspecified atom stereocenters. The first-order valence-electron chi connectivity index (χ1n) is 4.18. The minimum atomic E-state index is -0.144. The molecule has 1 rings (SSSR count). The maximum absolute atomic E-state index is 11.4. The van der Waals surface area contributed by atoms with Crippen LogP contribution in [-0.2, 0) is 4.79 Å². The number of hydrogen-bond acceptors (Lipinski definition) is 4. The third-order valence-electron chi connectivity index (χ3n) is 1.85. The lowest BCUT2D eigenvalue weighted by Gasteiger charge is -2.10. The number of nitrogens with two attached hydrogens (primary N) is 1. The van der Waals surface area contributed by atoms with Crippen molar-refractivity contribution in [3.8, 4) is 0 Å². The molecule has 0 aromatic carbocycles. The highest BCUT2D eigenvalue weighted by atomic mass is 16.5. The Morgan fingerprint density at radius 2 is 2.62 bits per heavy atom.